The van der Waals surface area contributed by atoms with Gasteiger partial charge in [0.2, 0.25) is 0 Å². The molecule has 1 atom stereocenters. The second kappa shape index (κ2) is 8.94. The molecule has 1 rings (SSSR count). The van der Waals surface area contributed by atoms with E-state index in [0.717, 1.165) is 25.1 Å². The lowest BCUT2D eigenvalue weighted by Crippen LogP contribution is -2.38. The third kappa shape index (κ3) is 5.45. The zero-order valence-electron chi connectivity index (χ0n) is 15.0. The summed E-state index contributed by atoms with van der Waals surface area (Å²) in [4.78, 5) is 14.7. The number of hydrogen-bond acceptors (Lipinski definition) is 2. The van der Waals surface area contributed by atoms with Crippen molar-refractivity contribution in [2.75, 3.05) is 6.54 Å². The van der Waals surface area contributed by atoms with E-state index in [1.54, 1.807) is 0 Å². The number of carbonyl (C=O) groups excluding carboxylic acids is 1. The summed E-state index contributed by atoms with van der Waals surface area (Å²) < 4.78 is 0. The molecule has 1 unspecified atom stereocenters. The largest absolute Gasteiger partial charge is 0.349 e. The summed E-state index contributed by atoms with van der Waals surface area (Å²) in [7, 11) is 0. The Bertz CT molecular complexity index is 451. The van der Waals surface area contributed by atoms with Crippen LogP contribution in [0.25, 0.3) is 0 Å². The van der Waals surface area contributed by atoms with E-state index in [9.17, 15) is 4.79 Å². The van der Waals surface area contributed by atoms with Gasteiger partial charge in [-0.05, 0) is 50.4 Å². The average molecular weight is 304 g/mol. The van der Waals surface area contributed by atoms with Crippen LogP contribution in [0.2, 0.25) is 0 Å². The Balaban J connectivity index is 2.69. The highest BCUT2D eigenvalue weighted by atomic mass is 16.1. The smallest absolute Gasteiger partial charge is 0.251 e. The zero-order chi connectivity index (χ0) is 16.7. The van der Waals surface area contributed by atoms with E-state index in [4.69, 9.17) is 0 Å². The highest BCUT2D eigenvalue weighted by Crippen LogP contribution is 2.11. The predicted octanol–water partition coefficient (Wildman–Crippen LogP) is 4.08. The van der Waals surface area contributed by atoms with Crippen LogP contribution in [0.5, 0.6) is 0 Å². The Labute approximate surface area is 136 Å². The Morgan fingerprint density at radius 2 is 1.68 bits per heavy atom. The van der Waals surface area contributed by atoms with Gasteiger partial charge in [-0.3, -0.25) is 9.69 Å². The summed E-state index contributed by atoms with van der Waals surface area (Å²) in [6.45, 7) is 15.0. The molecule has 1 amide bonds. The van der Waals surface area contributed by atoms with Gasteiger partial charge in [-0.1, -0.05) is 39.8 Å². The fourth-order valence-corrected chi connectivity index (χ4v) is 2.65. The minimum atomic E-state index is 0.0308. The second-order valence-corrected chi connectivity index (χ2v) is 6.59. The summed E-state index contributed by atoms with van der Waals surface area (Å²) in [5.41, 5.74) is 2.00. The van der Waals surface area contributed by atoms with Crippen LogP contribution in [-0.2, 0) is 6.54 Å². The molecular weight excluding hydrogens is 272 g/mol. The summed E-state index contributed by atoms with van der Waals surface area (Å²) in [6, 6.07) is 8.78. The first-order valence-corrected chi connectivity index (χ1v) is 8.52. The second-order valence-electron chi connectivity index (χ2n) is 6.59. The van der Waals surface area contributed by atoms with Gasteiger partial charge in [-0.25, -0.2) is 0 Å². The van der Waals surface area contributed by atoms with Crippen LogP contribution >= 0.6 is 0 Å². The van der Waals surface area contributed by atoms with E-state index < -0.39 is 0 Å². The first-order valence-electron chi connectivity index (χ1n) is 8.52. The molecule has 1 aromatic carbocycles. The van der Waals surface area contributed by atoms with Gasteiger partial charge in [-0.2, -0.15) is 0 Å². The maximum atomic E-state index is 12.3. The van der Waals surface area contributed by atoms with Crippen molar-refractivity contribution in [1.82, 2.24) is 10.2 Å². The Morgan fingerprint density at radius 3 is 2.09 bits per heavy atom. The standard InChI is InChI=1S/C19H32N2O/c1-7-18(14(3)4)20-19(22)17-11-9-16(10-12-17)13-21(8-2)15(5)6/h9-12,14-15,18H,7-8,13H2,1-6H3,(H,20,22). The monoisotopic (exact) mass is 304 g/mol. The molecule has 0 radical (unpaired) electrons. The molecule has 0 aliphatic rings. The van der Waals surface area contributed by atoms with Crippen LogP contribution in [-0.4, -0.2) is 29.4 Å². The van der Waals surface area contributed by atoms with Crippen molar-refractivity contribution in [2.45, 2.75) is 66.6 Å². The summed E-state index contributed by atoms with van der Waals surface area (Å²) >= 11 is 0. The topological polar surface area (TPSA) is 32.3 Å². The van der Waals surface area contributed by atoms with Gasteiger partial charge in [0.1, 0.15) is 0 Å². The summed E-state index contributed by atoms with van der Waals surface area (Å²) in [6.07, 6.45) is 0.960. The molecule has 3 nitrogen and oxygen atoms in total. The van der Waals surface area contributed by atoms with E-state index in [-0.39, 0.29) is 11.9 Å². The van der Waals surface area contributed by atoms with Gasteiger partial charge >= 0.3 is 0 Å². The molecule has 1 aromatic rings. The van der Waals surface area contributed by atoms with Crippen molar-refractivity contribution in [3.8, 4) is 0 Å². The molecule has 0 saturated heterocycles. The van der Waals surface area contributed by atoms with Gasteiger partial charge in [0, 0.05) is 24.2 Å². The van der Waals surface area contributed by atoms with Crippen molar-refractivity contribution in [3.63, 3.8) is 0 Å². The maximum Gasteiger partial charge on any atom is 0.251 e. The molecule has 0 bridgehead atoms. The molecule has 0 fully saturated rings. The van der Waals surface area contributed by atoms with Crippen LogP contribution in [0.1, 0.15) is 63.9 Å². The molecule has 1 N–H and O–H groups in total. The van der Waals surface area contributed by atoms with E-state index in [1.165, 1.54) is 5.56 Å². The number of hydrogen-bond donors (Lipinski definition) is 1. The van der Waals surface area contributed by atoms with Gasteiger partial charge in [0.25, 0.3) is 5.91 Å². The predicted molar refractivity (Wildman–Crippen MR) is 94.0 cm³/mol. The molecule has 0 spiro atoms. The Kier molecular flexibility index (Phi) is 7.60. The number of nitrogens with zero attached hydrogens (tertiary/aromatic N) is 1. The van der Waals surface area contributed by atoms with Gasteiger partial charge in [0.05, 0.1) is 0 Å². The lowest BCUT2D eigenvalue weighted by atomic mass is 10.0. The molecule has 0 saturated carbocycles. The molecule has 0 aliphatic heterocycles. The van der Waals surface area contributed by atoms with Crippen molar-refractivity contribution >= 4 is 5.91 Å². The van der Waals surface area contributed by atoms with Gasteiger partial charge in [0.15, 0.2) is 0 Å². The fraction of sp³-hybridized carbons (Fsp3) is 0.632. The number of amides is 1. The summed E-state index contributed by atoms with van der Waals surface area (Å²) in [5.74, 6) is 0.487. The molecule has 22 heavy (non-hydrogen) atoms. The highest BCUT2D eigenvalue weighted by Gasteiger charge is 2.15. The molecular formula is C19H32N2O. The minimum Gasteiger partial charge on any atom is -0.349 e. The van der Waals surface area contributed by atoms with Crippen LogP contribution < -0.4 is 5.32 Å². The number of rotatable bonds is 8. The minimum absolute atomic E-state index is 0.0308. The Hall–Kier alpha value is -1.35. The van der Waals surface area contributed by atoms with E-state index in [1.807, 2.05) is 12.1 Å². The average Bonchev–Trinajstić information content (AvgIpc) is 2.49. The van der Waals surface area contributed by atoms with Gasteiger partial charge < -0.3 is 5.32 Å². The molecule has 124 valence electrons. The number of benzene rings is 1. The van der Waals surface area contributed by atoms with Crippen molar-refractivity contribution in [2.24, 2.45) is 5.92 Å². The third-order valence-electron chi connectivity index (χ3n) is 4.30. The SMILES string of the molecule is CCC(NC(=O)c1ccc(CN(CC)C(C)C)cc1)C(C)C. The first kappa shape index (κ1) is 18.7. The van der Waals surface area contributed by atoms with Gasteiger partial charge in [-0.15, -0.1) is 0 Å². The van der Waals surface area contributed by atoms with E-state index in [0.29, 0.717) is 12.0 Å². The van der Waals surface area contributed by atoms with Crippen LogP contribution in [0.15, 0.2) is 24.3 Å². The van der Waals surface area contributed by atoms with Crippen LogP contribution in [0, 0.1) is 5.92 Å². The van der Waals surface area contributed by atoms with E-state index >= 15 is 0 Å². The van der Waals surface area contributed by atoms with E-state index in [2.05, 4.69) is 63.9 Å². The quantitative estimate of drug-likeness (QED) is 0.785. The molecule has 0 aromatic heterocycles. The Morgan fingerprint density at radius 1 is 1.09 bits per heavy atom. The summed E-state index contributed by atoms with van der Waals surface area (Å²) in [5, 5.41) is 3.12. The van der Waals surface area contributed by atoms with Crippen molar-refractivity contribution in [3.05, 3.63) is 35.4 Å². The fourth-order valence-electron chi connectivity index (χ4n) is 2.65. The van der Waals surface area contributed by atoms with Crippen LogP contribution in [0.3, 0.4) is 0 Å². The van der Waals surface area contributed by atoms with Crippen molar-refractivity contribution in [1.29, 1.82) is 0 Å². The van der Waals surface area contributed by atoms with Crippen LogP contribution in [0.4, 0.5) is 0 Å². The normalized spacial score (nSPS) is 13.0. The maximum absolute atomic E-state index is 12.3. The molecule has 0 heterocycles. The third-order valence-corrected chi connectivity index (χ3v) is 4.30. The molecule has 3 heteroatoms. The number of nitrogens with one attached hydrogen (secondary N) is 1. The lowest BCUT2D eigenvalue weighted by Gasteiger charge is -2.25. The lowest BCUT2D eigenvalue weighted by molar-refractivity contribution is 0.0924. The molecule has 0 aliphatic carbocycles. The highest BCUT2D eigenvalue weighted by molar-refractivity contribution is 5.94. The zero-order valence-corrected chi connectivity index (χ0v) is 15.0. The van der Waals surface area contributed by atoms with Crippen molar-refractivity contribution < 1.29 is 4.79 Å². The first-order chi connectivity index (χ1) is 10.4. The number of carbonyl (C=O) groups is 1.